The summed E-state index contributed by atoms with van der Waals surface area (Å²) in [6, 6.07) is 0. The van der Waals surface area contributed by atoms with Crippen LogP contribution in [0, 0.1) is 11.8 Å². The smallest absolute Gasteiger partial charge is 0.252 e. The number of carbonyl (C=O) groups excluding carboxylic acids is 4. The summed E-state index contributed by atoms with van der Waals surface area (Å²) < 4.78 is 0. The Morgan fingerprint density at radius 3 is 2.56 bits per heavy atom. The number of nitrogens with zero attached hydrogens (tertiary/aromatic N) is 1. The van der Waals surface area contributed by atoms with Gasteiger partial charge in [0.2, 0.25) is 11.8 Å². The van der Waals surface area contributed by atoms with Crippen molar-refractivity contribution < 1.29 is 24.3 Å². The first-order valence-electron chi connectivity index (χ1n) is 5.66. The first-order valence-corrected chi connectivity index (χ1v) is 5.66. The topological polar surface area (TPSA) is 104 Å². The van der Waals surface area contributed by atoms with Gasteiger partial charge in [-0.25, -0.2) is 0 Å². The van der Waals surface area contributed by atoms with Crippen LogP contribution in [-0.2, 0) is 19.2 Å². The van der Waals surface area contributed by atoms with E-state index in [9.17, 15) is 19.2 Å². The Balaban J connectivity index is 2.67. The van der Waals surface area contributed by atoms with Gasteiger partial charge in [0.05, 0.1) is 5.92 Å². The van der Waals surface area contributed by atoms with Crippen molar-refractivity contribution in [2.24, 2.45) is 11.8 Å². The summed E-state index contributed by atoms with van der Waals surface area (Å²) in [7, 11) is 0. The molecule has 1 aliphatic heterocycles. The zero-order valence-electron chi connectivity index (χ0n) is 10.3. The van der Waals surface area contributed by atoms with Crippen LogP contribution in [0.25, 0.3) is 0 Å². The van der Waals surface area contributed by atoms with Crippen LogP contribution in [0.15, 0.2) is 0 Å². The van der Waals surface area contributed by atoms with Crippen molar-refractivity contribution in [3.8, 4) is 0 Å². The molecule has 1 heterocycles. The van der Waals surface area contributed by atoms with Crippen LogP contribution < -0.4 is 5.43 Å². The van der Waals surface area contributed by atoms with Gasteiger partial charge in [-0.3, -0.25) is 24.6 Å². The molecule has 0 saturated carbocycles. The molecule has 0 spiro atoms. The van der Waals surface area contributed by atoms with Gasteiger partial charge in [-0.05, 0) is 0 Å². The standard InChI is InChI=1S/C11H16N2O5/c1-6(2)10(17)12-13-9(16)4-7(11(13)18)3-8(15)5-14/h6-7,14H,3-5H2,1-2H3,(H,12,17). The third-order valence-corrected chi connectivity index (χ3v) is 2.64. The normalized spacial score (nSPS) is 19.6. The van der Waals surface area contributed by atoms with E-state index in [1.807, 2.05) is 0 Å². The van der Waals surface area contributed by atoms with Crippen molar-refractivity contribution in [3.63, 3.8) is 0 Å². The highest BCUT2D eigenvalue weighted by atomic mass is 16.3. The highest BCUT2D eigenvalue weighted by molar-refractivity contribution is 6.06. The molecule has 3 amide bonds. The average molecular weight is 256 g/mol. The lowest BCUT2D eigenvalue weighted by Gasteiger charge is -2.17. The Labute approximate surface area is 104 Å². The van der Waals surface area contributed by atoms with E-state index in [1.54, 1.807) is 13.8 Å². The quantitative estimate of drug-likeness (QED) is 0.614. The van der Waals surface area contributed by atoms with Crippen LogP contribution in [0.3, 0.4) is 0 Å². The maximum atomic E-state index is 11.8. The Kier molecular flexibility index (Phi) is 4.55. The molecule has 100 valence electrons. The van der Waals surface area contributed by atoms with Crippen molar-refractivity contribution in [2.45, 2.75) is 26.7 Å². The Morgan fingerprint density at radius 2 is 2.06 bits per heavy atom. The number of Topliss-reactive ketones (excluding diaryl/α,β-unsaturated/α-hetero) is 1. The van der Waals surface area contributed by atoms with Crippen molar-refractivity contribution in [1.29, 1.82) is 0 Å². The molecule has 2 N–H and O–H groups in total. The van der Waals surface area contributed by atoms with Crippen LogP contribution in [0.4, 0.5) is 0 Å². The molecule has 7 heteroatoms. The van der Waals surface area contributed by atoms with Crippen LogP contribution in [0.2, 0.25) is 0 Å². The van der Waals surface area contributed by atoms with Crippen molar-refractivity contribution in [1.82, 2.24) is 10.4 Å². The molecular weight excluding hydrogens is 240 g/mol. The fourth-order valence-electron chi connectivity index (χ4n) is 1.55. The highest BCUT2D eigenvalue weighted by Gasteiger charge is 2.40. The van der Waals surface area contributed by atoms with Gasteiger partial charge < -0.3 is 5.11 Å². The molecular formula is C11H16N2O5. The Morgan fingerprint density at radius 1 is 1.44 bits per heavy atom. The second kappa shape index (κ2) is 5.72. The van der Waals surface area contributed by atoms with Gasteiger partial charge in [-0.15, -0.1) is 0 Å². The fourth-order valence-corrected chi connectivity index (χ4v) is 1.55. The number of imide groups is 1. The predicted molar refractivity (Wildman–Crippen MR) is 59.7 cm³/mol. The van der Waals surface area contributed by atoms with Crippen molar-refractivity contribution in [3.05, 3.63) is 0 Å². The van der Waals surface area contributed by atoms with E-state index in [0.717, 1.165) is 0 Å². The third kappa shape index (κ3) is 3.13. The van der Waals surface area contributed by atoms with E-state index >= 15 is 0 Å². The van der Waals surface area contributed by atoms with E-state index in [2.05, 4.69) is 5.43 Å². The second-order valence-electron chi connectivity index (χ2n) is 4.50. The Bertz CT molecular complexity index is 391. The summed E-state index contributed by atoms with van der Waals surface area (Å²) in [6.07, 6.45) is -0.307. The number of nitrogens with one attached hydrogen (secondary N) is 1. The van der Waals surface area contributed by atoms with Gasteiger partial charge in [-0.2, -0.15) is 5.01 Å². The molecule has 0 radical (unpaired) electrons. The largest absolute Gasteiger partial charge is 0.389 e. The fraction of sp³-hybridized carbons (Fsp3) is 0.636. The number of carbonyl (C=O) groups is 4. The minimum atomic E-state index is -0.787. The molecule has 1 saturated heterocycles. The van der Waals surface area contributed by atoms with E-state index in [1.165, 1.54) is 0 Å². The summed E-state index contributed by atoms with van der Waals surface area (Å²) in [5.41, 5.74) is 2.22. The number of rotatable bonds is 5. The van der Waals surface area contributed by atoms with Crippen LogP contribution >= 0.6 is 0 Å². The lowest BCUT2D eigenvalue weighted by atomic mass is 10.0. The first kappa shape index (κ1) is 14.3. The lowest BCUT2D eigenvalue weighted by Crippen LogP contribution is -2.47. The number of hydrazine groups is 1. The zero-order valence-corrected chi connectivity index (χ0v) is 10.3. The van der Waals surface area contributed by atoms with Gasteiger partial charge in [0.15, 0.2) is 5.78 Å². The SMILES string of the molecule is CC(C)C(=O)NN1C(=O)CC(CC(=O)CO)C1=O. The van der Waals surface area contributed by atoms with Crippen LogP contribution in [0.1, 0.15) is 26.7 Å². The summed E-state index contributed by atoms with van der Waals surface area (Å²) in [4.78, 5) is 45.8. The second-order valence-corrected chi connectivity index (χ2v) is 4.50. The molecule has 0 aromatic carbocycles. The summed E-state index contributed by atoms with van der Waals surface area (Å²) in [5.74, 6) is -3.22. The molecule has 0 aromatic rings. The minimum absolute atomic E-state index is 0.122. The van der Waals surface area contributed by atoms with Crippen LogP contribution in [0.5, 0.6) is 0 Å². The summed E-state index contributed by atoms with van der Waals surface area (Å²) in [5, 5.41) is 9.27. The maximum absolute atomic E-state index is 11.8. The molecule has 0 aromatic heterocycles. The van der Waals surface area contributed by atoms with E-state index in [0.29, 0.717) is 5.01 Å². The number of aliphatic hydroxyl groups excluding tert-OH is 1. The molecule has 1 atom stereocenters. The van der Waals surface area contributed by atoms with E-state index in [4.69, 9.17) is 5.11 Å². The number of amides is 3. The molecule has 0 aliphatic carbocycles. The molecule has 18 heavy (non-hydrogen) atoms. The van der Waals surface area contributed by atoms with Gasteiger partial charge in [0, 0.05) is 18.8 Å². The molecule has 1 unspecified atom stereocenters. The monoisotopic (exact) mass is 256 g/mol. The minimum Gasteiger partial charge on any atom is -0.389 e. The number of ketones is 1. The molecule has 7 nitrogen and oxygen atoms in total. The third-order valence-electron chi connectivity index (χ3n) is 2.64. The van der Waals surface area contributed by atoms with Gasteiger partial charge in [-0.1, -0.05) is 13.8 Å². The van der Waals surface area contributed by atoms with Crippen molar-refractivity contribution in [2.75, 3.05) is 6.61 Å². The highest BCUT2D eigenvalue weighted by Crippen LogP contribution is 2.21. The zero-order chi connectivity index (χ0) is 13.9. The summed E-state index contributed by atoms with van der Waals surface area (Å²) >= 11 is 0. The first-order chi connectivity index (χ1) is 8.36. The van der Waals surface area contributed by atoms with E-state index < -0.39 is 36.0 Å². The van der Waals surface area contributed by atoms with E-state index in [-0.39, 0.29) is 18.8 Å². The molecule has 1 fully saturated rings. The maximum Gasteiger partial charge on any atom is 0.252 e. The number of aliphatic hydroxyl groups is 1. The predicted octanol–water partition coefficient (Wildman–Crippen LogP) is -1.000. The molecule has 1 aliphatic rings. The number of hydrogen-bond acceptors (Lipinski definition) is 5. The lowest BCUT2D eigenvalue weighted by molar-refractivity contribution is -0.149. The van der Waals surface area contributed by atoms with Gasteiger partial charge in [0.25, 0.3) is 5.91 Å². The molecule has 0 bridgehead atoms. The van der Waals surface area contributed by atoms with Gasteiger partial charge in [0.1, 0.15) is 6.61 Å². The average Bonchev–Trinajstić information content (AvgIpc) is 2.56. The van der Waals surface area contributed by atoms with Crippen molar-refractivity contribution >= 4 is 23.5 Å². The Hall–Kier alpha value is -1.76. The van der Waals surface area contributed by atoms with Crippen LogP contribution in [-0.4, -0.2) is 40.2 Å². The number of hydrogen-bond donors (Lipinski definition) is 2. The summed E-state index contributed by atoms with van der Waals surface area (Å²) in [6.45, 7) is 2.61. The molecule has 1 rings (SSSR count). The van der Waals surface area contributed by atoms with Gasteiger partial charge >= 0.3 is 0 Å².